The predicted octanol–water partition coefficient (Wildman–Crippen LogP) is 3.63. The molecule has 0 fully saturated rings. The molecule has 0 aliphatic carbocycles. The average Bonchev–Trinajstić information content (AvgIpc) is 2.10. The van der Waals surface area contributed by atoms with Crippen molar-refractivity contribution in [3.63, 3.8) is 0 Å². The lowest BCUT2D eigenvalue weighted by Crippen LogP contribution is -2.24. The normalized spacial score (nSPS) is 12.9. The van der Waals surface area contributed by atoms with Gasteiger partial charge in [-0.1, -0.05) is 11.8 Å². The number of rotatable bonds is 1. The van der Waals surface area contributed by atoms with E-state index in [0.717, 1.165) is 13.3 Å². The topological polar surface area (TPSA) is 0 Å². The van der Waals surface area contributed by atoms with Gasteiger partial charge in [0.1, 0.15) is 5.56 Å². The van der Waals surface area contributed by atoms with Crippen LogP contribution in [-0.2, 0) is 18.0 Å². The summed E-state index contributed by atoms with van der Waals surface area (Å²) in [5, 5.41) is -1.12. The van der Waals surface area contributed by atoms with Crippen molar-refractivity contribution in [3.05, 3.63) is 28.8 Å². The van der Waals surface area contributed by atoms with Gasteiger partial charge in [0.25, 0.3) is 0 Å². The van der Waals surface area contributed by atoms with Crippen molar-refractivity contribution in [1.82, 2.24) is 0 Å². The molecule has 0 saturated heterocycles. The van der Waals surface area contributed by atoms with Gasteiger partial charge in [-0.05, 0) is 19.4 Å². The SMILES string of the molecule is CP(C)(=S)c1c(F)c(F)c(C(F)(F)F)c(F)c1F. The van der Waals surface area contributed by atoms with Crippen molar-refractivity contribution in [3.8, 4) is 0 Å². The average molecular weight is 310 g/mol. The molecule has 0 aromatic heterocycles. The van der Waals surface area contributed by atoms with E-state index in [2.05, 4.69) is 0 Å². The van der Waals surface area contributed by atoms with Crippen molar-refractivity contribution in [2.75, 3.05) is 13.3 Å². The van der Waals surface area contributed by atoms with Crippen LogP contribution in [-0.4, -0.2) is 13.3 Å². The van der Waals surface area contributed by atoms with Gasteiger partial charge in [-0.2, -0.15) is 13.2 Å². The molecule has 0 nitrogen and oxygen atoms in total. The van der Waals surface area contributed by atoms with Crippen LogP contribution in [0.1, 0.15) is 5.56 Å². The molecule has 0 aliphatic rings. The summed E-state index contributed by atoms with van der Waals surface area (Å²) in [5.74, 6) is -9.08. The molecule has 0 saturated carbocycles. The summed E-state index contributed by atoms with van der Waals surface area (Å²) in [4.78, 5) is 0. The minimum absolute atomic E-state index is 1.12. The van der Waals surface area contributed by atoms with E-state index >= 15 is 0 Å². The van der Waals surface area contributed by atoms with E-state index in [-0.39, 0.29) is 0 Å². The zero-order valence-corrected chi connectivity index (χ0v) is 10.7. The molecule has 0 atom stereocenters. The highest BCUT2D eigenvalue weighted by Crippen LogP contribution is 2.42. The molecule has 0 N–H and O–H groups in total. The highest BCUT2D eigenvalue weighted by molar-refractivity contribution is 8.17. The van der Waals surface area contributed by atoms with Crippen LogP contribution >= 0.6 is 6.04 Å². The van der Waals surface area contributed by atoms with Crippen LogP contribution in [0.3, 0.4) is 0 Å². The number of hydrogen-bond donors (Lipinski definition) is 0. The largest absolute Gasteiger partial charge is 0.422 e. The predicted molar refractivity (Wildman–Crippen MR) is 57.0 cm³/mol. The number of alkyl halides is 3. The molecule has 1 aromatic carbocycles. The van der Waals surface area contributed by atoms with Crippen LogP contribution in [0, 0.1) is 23.3 Å². The Hall–Kier alpha value is -0.620. The van der Waals surface area contributed by atoms with E-state index in [1.165, 1.54) is 0 Å². The third kappa shape index (κ3) is 2.54. The third-order valence-corrected chi connectivity index (χ3v) is 4.08. The van der Waals surface area contributed by atoms with Gasteiger partial charge >= 0.3 is 6.18 Å². The molecule has 0 unspecified atom stereocenters. The molecule has 0 heterocycles. The maximum absolute atomic E-state index is 13.4. The van der Waals surface area contributed by atoms with Gasteiger partial charge in [0.05, 0.1) is 5.30 Å². The monoisotopic (exact) mass is 310 g/mol. The minimum Gasteiger partial charge on any atom is -0.203 e. The van der Waals surface area contributed by atoms with E-state index in [0.29, 0.717) is 0 Å². The van der Waals surface area contributed by atoms with Crippen LogP contribution in [0.4, 0.5) is 30.7 Å². The summed E-state index contributed by atoms with van der Waals surface area (Å²) in [6, 6.07) is -2.98. The molecular weight excluding hydrogens is 304 g/mol. The summed E-state index contributed by atoms with van der Waals surface area (Å²) in [6.45, 7) is 2.30. The van der Waals surface area contributed by atoms with E-state index in [1.807, 2.05) is 0 Å². The lowest BCUT2D eigenvalue weighted by Gasteiger charge is -2.17. The van der Waals surface area contributed by atoms with Gasteiger partial charge < -0.3 is 0 Å². The van der Waals surface area contributed by atoms with Crippen molar-refractivity contribution in [1.29, 1.82) is 0 Å². The Morgan fingerprint density at radius 3 is 1.39 bits per heavy atom. The third-order valence-electron chi connectivity index (χ3n) is 2.06. The second-order valence-electron chi connectivity index (χ2n) is 3.83. The first-order valence-electron chi connectivity index (χ1n) is 4.37. The molecule has 102 valence electrons. The Labute approximate surface area is 103 Å². The highest BCUT2D eigenvalue weighted by Gasteiger charge is 2.43. The Kier molecular flexibility index (Phi) is 3.85. The smallest absolute Gasteiger partial charge is 0.203 e. The van der Waals surface area contributed by atoms with Gasteiger partial charge in [-0.3, -0.25) is 0 Å². The lowest BCUT2D eigenvalue weighted by molar-refractivity contribution is -0.143. The zero-order chi connectivity index (χ0) is 14.5. The molecule has 0 bridgehead atoms. The first-order valence-corrected chi connectivity index (χ1v) is 8.07. The maximum Gasteiger partial charge on any atom is 0.422 e. The molecule has 0 radical (unpaired) electrons. The van der Waals surface area contributed by atoms with Gasteiger partial charge in [-0.15, -0.1) is 0 Å². The van der Waals surface area contributed by atoms with Crippen LogP contribution in [0.2, 0.25) is 0 Å². The van der Waals surface area contributed by atoms with E-state index < -0.39 is 46.4 Å². The molecule has 18 heavy (non-hydrogen) atoms. The summed E-state index contributed by atoms with van der Waals surface area (Å²) in [7, 11) is 0. The lowest BCUT2D eigenvalue weighted by atomic mass is 10.1. The van der Waals surface area contributed by atoms with Crippen molar-refractivity contribution in [2.45, 2.75) is 6.18 Å². The Morgan fingerprint density at radius 2 is 1.17 bits per heavy atom. The quantitative estimate of drug-likeness (QED) is 0.434. The van der Waals surface area contributed by atoms with Gasteiger partial charge in [0, 0.05) is 0 Å². The van der Waals surface area contributed by atoms with Crippen LogP contribution in [0.5, 0.6) is 0 Å². The van der Waals surface area contributed by atoms with E-state index in [9.17, 15) is 30.7 Å². The molecule has 1 aromatic rings. The first kappa shape index (κ1) is 15.4. The van der Waals surface area contributed by atoms with Crippen LogP contribution in [0.15, 0.2) is 0 Å². The van der Waals surface area contributed by atoms with Gasteiger partial charge in [0.2, 0.25) is 0 Å². The first-order chi connectivity index (χ1) is 7.89. The molecular formula is C9H6F7PS. The zero-order valence-electron chi connectivity index (χ0n) is 9.00. The fraction of sp³-hybridized carbons (Fsp3) is 0.333. The molecule has 1 rings (SSSR count). The Bertz CT molecular complexity index is 514. The highest BCUT2D eigenvalue weighted by atomic mass is 32.4. The van der Waals surface area contributed by atoms with Crippen molar-refractivity contribution < 1.29 is 30.7 Å². The summed E-state index contributed by atoms with van der Waals surface area (Å²) >= 11 is 4.70. The summed E-state index contributed by atoms with van der Waals surface area (Å²) in [5.41, 5.74) is -2.58. The second kappa shape index (κ2) is 4.49. The summed E-state index contributed by atoms with van der Waals surface area (Å²) < 4.78 is 90.0. The van der Waals surface area contributed by atoms with E-state index in [1.54, 1.807) is 0 Å². The van der Waals surface area contributed by atoms with Crippen LogP contribution in [0.25, 0.3) is 0 Å². The van der Waals surface area contributed by atoms with Crippen molar-refractivity contribution >= 4 is 23.1 Å². The molecule has 9 heteroatoms. The minimum atomic E-state index is -5.53. The second-order valence-corrected chi connectivity index (χ2v) is 9.72. The van der Waals surface area contributed by atoms with Crippen LogP contribution < -0.4 is 5.30 Å². The fourth-order valence-electron chi connectivity index (χ4n) is 1.34. The number of halogens is 7. The fourth-order valence-corrected chi connectivity index (χ4v) is 2.96. The van der Waals surface area contributed by atoms with Gasteiger partial charge in [0.15, 0.2) is 23.3 Å². The Balaban J connectivity index is 3.84. The van der Waals surface area contributed by atoms with E-state index in [4.69, 9.17) is 11.8 Å². The number of hydrogen-bond acceptors (Lipinski definition) is 1. The standard InChI is InChI=1S/C9H6F7PS/c1-17(2,18)8-6(12)4(10)3(9(14,15)16)5(11)7(8)13/h1-2H3. The molecule has 0 aliphatic heterocycles. The molecule has 0 amide bonds. The molecule has 0 spiro atoms. The summed E-state index contributed by atoms with van der Waals surface area (Å²) in [6.07, 6.45) is -5.53. The Morgan fingerprint density at radius 1 is 0.833 bits per heavy atom. The van der Waals surface area contributed by atoms with Gasteiger partial charge in [-0.25, -0.2) is 17.6 Å². The van der Waals surface area contributed by atoms with Crippen molar-refractivity contribution in [2.24, 2.45) is 0 Å². The maximum atomic E-state index is 13.4. The number of benzene rings is 1.